The lowest BCUT2D eigenvalue weighted by Gasteiger charge is -2.30. The minimum absolute atomic E-state index is 0.0466. The maximum atomic E-state index is 13.4. The van der Waals surface area contributed by atoms with Crippen LogP contribution in [0, 0.1) is 27.8 Å². The molecule has 1 heterocycles. The number of nitrogens with zero attached hydrogens (tertiary/aromatic N) is 3. The number of halogens is 3. The number of Topliss-reactive ketones (excluding diaryl/α,β-unsaturated/α-hetero) is 1. The zero-order valence-electron chi connectivity index (χ0n) is 18.0. The topological polar surface area (TPSA) is 118 Å². The number of benzene rings is 2. The van der Waals surface area contributed by atoms with E-state index in [2.05, 4.69) is 31.9 Å². The van der Waals surface area contributed by atoms with Gasteiger partial charge in [-0.05, 0) is 49.2 Å². The lowest BCUT2D eigenvalue weighted by atomic mass is 9.81. The van der Waals surface area contributed by atoms with E-state index in [9.17, 15) is 33.7 Å². The van der Waals surface area contributed by atoms with E-state index >= 15 is 0 Å². The predicted molar refractivity (Wildman–Crippen MR) is 128 cm³/mol. The molecule has 0 unspecified atom stereocenters. The summed E-state index contributed by atoms with van der Waals surface area (Å²) in [6.45, 7) is -0.659. The van der Waals surface area contributed by atoms with Crippen LogP contribution in [-0.2, 0) is 9.59 Å². The molecular formula is C23H18Br2FN3O6. The van der Waals surface area contributed by atoms with E-state index in [-0.39, 0.29) is 26.5 Å². The van der Waals surface area contributed by atoms with E-state index in [0.717, 1.165) is 34.3 Å². The van der Waals surface area contributed by atoms with Gasteiger partial charge in [0.1, 0.15) is 12.4 Å². The number of carbonyl (C=O) groups excluding carboxylic acids is 4. The van der Waals surface area contributed by atoms with Crippen LogP contribution in [0.15, 0.2) is 48.5 Å². The first kappa shape index (κ1) is 25.1. The third-order valence-electron chi connectivity index (χ3n) is 6.15. The SMILES string of the molecule is O=C(CN(C(=O)c1ccc([N+](=O)[O-])cc1)N1C(=O)[C@H]2C[C@@H](Br)[C@@H](Br)C[C@H]2C1=O)c1ccc(F)cc1. The largest absolute Gasteiger partial charge is 0.292 e. The zero-order chi connectivity index (χ0) is 25.4. The number of rotatable bonds is 6. The van der Waals surface area contributed by atoms with Crippen LogP contribution in [0.1, 0.15) is 33.6 Å². The Morgan fingerprint density at radius 1 is 0.943 bits per heavy atom. The number of non-ortho nitro benzene ring substituents is 1. The van der Waals surface area contributed by atoms with E-state index in [1.807, 2.05) is 0 Å². The quantitative estimate of drug-likeness (QED) is 0.161. The summed E-state index contributed by atoms with van der Waals surface area (Å²) in [7, 11) is 0. The van der Waals surface area contributed by atoms with Gasteiger partial charge >= 0.3 is 0 Å². The molecule has 2 aliphatic rings. The molecule has 3 amide bonds. The smallest absolute Gasteiger partial charge is 0.273 e. The molecular weight excluding hydrogens is 593 g/mol. The fourth-order valence-corrected chi connectivity index (χ4v) is 5.52. The van der Waals surface area contributed by atoms with Gasteiger partial charge in [0.05, 0.1) is 16.8 Å². The molecule has 0 radical (unpaired) electrons. The van der Waals surface area contributed by atoms with Crippen LogP contribution in [0.2, 0.25) is 0 Å². The highest BCUT2D eigenvalue weighted by molar-refractivity contribution is 9.12. The average Bonchev–Trinajstić information content (AvgIpc) is 3.06. The molecule has 2 aromatic carbocycles. The number of fused-ring (bicyclic) bond motifs is 1. The van der Waals surface area contributed by atoms with Crippen LogP contribution in [0.4, 0.5) is 10.1 Å². The lowest BCUT2D eigenvalue weighted by Crippen LogP contribution is -2.52. The van der Waals surface area contributed by atoms with Gasteiger partial charge in [-0.3, -0.25) is 29.3 Å². The number of nitro groups is 1. The molecule has 4 atom stereocenters. The monoisotopic (exact) mass is 609 g/mol. The zero-order valence-corrected chi connectivity index (χ0v) is 21.1. The van der Waals surface area contributed by atoms with E-state index < -0.39 is 52.6 Å². The standard InChI is InChI=1S/C23H18Br2FN3O6/c24-18-9-16-17(10-19(18)25)23(33)28(22(16)32)27(11-20(30)12-1-5-14(26)6-2-12)21(31)13-3-7-15(8-4-13)29(34)35/h1-8,16-19H,9-11H2/t16-,17+,18+,19-. The van der Waals surface area contributed by atoms with Gasteiger partial charge in [-0.25, -0.2) is 9.40 Å². The van der Waals surface area contributed by atoms with Crippen LogP contribution >= 0.6 is 31.9 Å². The summed E-state index contributed by atoms with van der Waals surface area (Å²) in [5.41, 5.74) is -0.207. The van der Waals surface area contributed by atoms with Crippen molar-refractivity contribution in [2.75, 3.05) is 6.54 Å². The number of alkyl halides is 2. The number of ketones is 1. The summed E-state index contributed by atoms with van der Waals surface area (Å²) in [6.07, 6.45) is 0.736. The molecule has 182 valence electrons. The van der Waals surface area contributed by atoms with Crippen molar-refractivity contribution in [2.24, 2.45) is 11.8 Å². The van der Waals surface area contributed by atoms with Crippen molar-refractivity contribution in [3.05, 3.63) is 75.6 Å². The maximum absolute atomic E-state index is 13.4. The Morgan fingerprint density at radius 3 is 1.91 bits per heavy atom. The Labute approximate surface area is 215 Å². The molecule has 1 saturated carbocycles. The molecule has 2 fully saturated rings. The molecule has 1 aliphatic heterocycles. The van der Waals surface area contributed by atoms with Crippen molar-refractivity contribution in [1.29, 1.82) is 0 Å². The molecule has 12 heteroatoms. The summed E-state index contributed by atoms with van der Waals surface area (Å²) in [6, 6.07) is 9.27. The Hall–Kier alpha value is -2.99. The third-order valence-corrected chi connectivity index (χ3v) is 8.88. The van der Waals surface area contributed by atoms with Crippen molar-refractivity contribution in [1.82, 2.24) is 10.0 Å². The van der Waals surface area contributed by atoms with Crippen molar-refractivity contribution in [3.63, 3.8) is 0 Å². The fraction of sp³-hybridized carbons (Fsp3) is 0.304. The number of nitro benzene ring substituents is 1. The second-order valence-electron chi connectivity index (χ2n) is 8.30. The number of hydrazine groups is 1. The summed E-state index contributed by atoms with van der Waals surface area (Å²) >= 11 is 7.01. The van der Waals surface area contributed by atoms with Gasteiger partial charge in [-0.1, -0.05) is 31.9 Å². The molecule has 1 saturated heterocycles. The highest BCUT2D eigenvalue weighted by Crippen LogP contribution is 2.43. The molecule has 2 aromatic rings. The molecule has 35 heavy (non-hydrogen) atoms. The molecule has 1 aliphatic carbocycles. The van der Waals surface area contributed by atoms with Gasteiger partial charge in [0.25, 0.3) is 23.4 Å². The first-order valence-corrected chi connectivity index (χ1v) is 12.4. The van der Waals surface area contributed by atoms with E-state index in [1.54, 1.807) is 0 Å². The summed E-state index contributed by atoms with van der Waals surface area (Å²) in [5, 5.41) is 12.5. The van der Waals surface area contributed by atoms with Crippen LogP contribution in [0.5, 0.6) is 0 Å². The lowest BCUT2D eigenvalue weighted by molar-refractivity contribution is -0.384. The second kappa shape index (κ2) is 9.94. The average molecular weight is 611 g/mol. The van der Waals surface area contributed by atoms with Crippen LogP contribution in [0.25, 0.3) is 0 Å². The van der Waals surface area contributed by atoms with E-state index in [0.29, 0.717) is 12.8 Å². The molecule has 9 nitrogen and oxygen atoms in total. The highest BCUT2D eigenvalue weighted by atomic mass is 79.9. The third kappa shape index (κ3) is 4.90. The summed E-state index contributed by atoms with van der Waals surface area (Å²) in [4.78, 5) is 63.3. The van der Waals surface area contributed by atoms with Gasteiger partial charge in [-0.15, -0.1) is 0 Å². The minimum Gasteiger partial charge on any atom is -0.292 e. The number of amides is 3. The first-order valence-electron chi connectivity index (χ1n) is 10.6. The van der Waals surface area contributed by atoms with Gasteiger partial charge < -0.3 is 0 Å². The number of hydrogen-bond donors (Lipinski definition) is 0. The summed E-state index contributed by atoms with van der Waals surface area (Å²) in [5.74, 6) is -4.52. The maximum Gasteiger partial charge on any atom is 0.273 e. The number of carbonyl (C=O) groups is 4. The Kier molecular flexibility index (Phi) is 7.13. The predicted octanol–water partition coefficient (Wildman–Crippen LogP) is 3.90. The number of hydrogen-bond acceptors (Lipinski definition) is 6. The van der Waals surface area contributed by atoms with Crippen LogP contribution < -0.4 is 0 Å². The van der Waals surface area contributed by atoms with Crippen LogP contribution in [-0.4, -0.2) is 54.6 Å². The highest BCUT2D eigenvalue weighted by Gasteiger charge is 2.54. The molecule has 0 bridgehead atoms. The van der Waals surface area contributed by atoms with Crippen molar-refractivity contribution >= 4 is 61.1 Å². The second-order valence-corrected chi connectivity index (χ2v) is 10.7. The van der Waals surface area contributed by atoms with Gasteiger partial charge in [0.2, 0.25) is 0 Å². The van der Waals surface area contributed by atoms with Crippen molar-refractivity contribution in [3.8, 4) is 0 Å². The van der Waals surface area contributed by atoms with Crippen LogP contribution in [0.3, 0.4) is 0 Å². The van der Waals surface area contributed by atoms with E-state index in [1.165, 1.54) is 24.3 Å². The Balaban J connectivity index is 1.69. The van der Waals surface area contributed by atoms with Gasteiger partial charge in [0, 0.05) is 32.9 Å². The number of imide groups is 1. The van der Waals surface area contributed by atoms with E-state index in [4.69, 9.17) is 0 Å². The minimum atomic E-state index is -0.846. The van der Waals surface area contributed by atoms with Crippen molar-refractivity contribution in [2.45, 2.75) is 22.5 Å². The Morgan fingerprint density at radius 2 is 1.43 bits per heavy atom. The fourth-order valence-electron chi connectivity index (χ4n) is 4.29. The Bertz CT molecular complexity index is 1180. The van der Waals surface area contributed by atoms with Gasteiger partial charge in [-0.2, -0.15) is 5.01 Å². The van der Waals surface area contributed by atoms with Gasteiger partial charge in [0.15, 0.2) is 5.78 Å². The molecule has 4 rings (SSSR count). The van der Waals surface area contributed by atoms with Crippen molar-refractivity contribution < 1.29 is 28.5 Å². The first-order chi connectivity index (χ1) is 16.6. The molecule has 0 spiro atoms. The molecule has 0 N–H and O–H groups in total. The normalized spacial score (nSPS) is 23.7. The molecule has 0 aromatic heterocycles. The summed E-state index contributed by atoms with van der Waals surface area (Å²) < 4.78 is 13.3.